The number of aryl methyl sites for hydroxylation is 1. The molecule has 3 rings (SSSR count). The second kappa shape index (κ2) is 5.93. The lowest BCUT2D eigenvalue weighted by atomic mass is 10.1. The van der Waals surface area contributed by atoms with Crippen LogP contribution in [0.2, 0.25) is 0 Å². The number of urea groups is 1. The number of ether oxygens (including phenoxy) is 1. The number of carbonyl (C=O) groups excluding carboxylic acids is 1. The highest BCUT2D eigenvalue weighted by molar-refractivity contribution is 7.16. The summed E-state index contributed by atoms with van der Waals surface area (Å²) in [6.45, 7) is 7.67. The minimum atomic E-state index is 0.0134. The van der Waals surface area contributed by atoms with Crippen LogP contribution >= 0.6 is 11.3 Å². The third-order valence-electron chi connectivity index (χ3n) is 4.10. The number of aromatic nitrogens is 1. The van der Waals surface area contributed by atoms with Gasteiger partial charge in [0.25, 0.3) is 0 Å². The fourth-order valence-corrected chi connectivity index (χ4v) is 4.05. The summed E-state index contributed by atoms with van der Waals surface area (Å²) < 4.78 is 5.54. The molecule has 0 aromatic carbocycles. The fourth-order valence-electron chi connectivity index (χ4n) is 3.21. The SMILES string of the molecule is Cc1nc(CC(C)C)c(NC(=O)N2C3CCC2COC3)s1. The van der Waals surface area contributed by atoms with Crippen molar-refractivity contribution in [3.8, 4) is 0 Å². The van der Waals surface area contributed by atoms with Gasteiger partial charge in [-0.05, 0) is 32.1 Å². The first kappa shape index (κ1) is 14.8. The molecule has 2 aliphatic heterocycles. The van der Waals surface area contributed by atoms with Crippen LogP contribution < -0.4 is 5.32 Å². The average Bonchev–Trinajstić information content (AvgIpc) is 2.86. The van der Waals surface area contributed by atoms with Crippen LogP contribution in [0.15, 0.2) is 0 Å². The van der Waals surface area contributed by atoms with Gasteiger partial charge in [-0.25, -0.2) is 9.78 Å². The van der Waals surface area contributed by atoms with E-state index in [9.17, 15) is 4.79 Å². The smallest absolute Gasteiger partial charge is 0.323 e. The highest BCUT2D eigenvalue weighted by atomic mass is 32.1. The largest absolute Gasteiger partial charge is 0.377 e. The quantitative estimate of drug-likeness (QED) is 0.933. The van der Waals surface area contributed by atoms with E-state index < -0.39 is 0 Å². The number of rotatable bonds is 3. The maximum Gasteiger partial charge on any atom is 0.323 e. The van der Waals surface area contributed by atoms with E-state index in [0.29, 0.717) is 19.1 Å². The maximum atomic E-state index is 12.6. The maximum absolute atomic E-state index is 12.6. The lowest BCUT2D eigenvalue weighted by Crippen LogP contribution is -2.50. The van der Waals surface area contributed by atoms with Crippen molar-refractivity contribution in [3.05, 3.63) is 10.7 Å². The molecule has 116 valence electrons. The summed E-state index contributed by atoms with van der Waals surface area (Å²) in [4.78, 5) is 19.2. The molecule has 2 atom stereocenters. The van der Waals surface area contributed by atoms with Gasteiger partial charge in [0, 0.05) is 0 Å². The van der Waals surface area contributed by atoms with Gasteiger partial charge in [0.15, 0.2) is 0 Å². The fraction of sp³-hybridized carbons (Fsp3) is 0.733. The number of amides is 2. The van der Waals surface area contributed by atoms with Gasteiger partial charge in [0.05, 0.1) is 36.0 Å². The van der Waals surface area contributed by atoms with Crippen molar-refractivity contribution in [2.45, 2.75) is 52.1 Å². The zero-order chi connectivity index (χ0) is 15.0. The Bertz CT molecular complexity index is 513. The predicted octanol–water partition coefficient (Wildman–Crippen LogP) is 3.05. The predicted molar refractivity (Wildman–Crippen MR) is 83.9 cm³/mol. The van der Waals surface area contributed by atoms with Crippen molar-refractivity contribution in [2.24, 2.45) is 5.92 Å². The van der Waals surface area contributed by atoms with Crippen molar-refractivity contribution < 1.29 is 9.53 Å². The number of nitrogens with zero attached hydrogens (tertiary/aromatic N) is 2. The minimum absolute atomic E-state index is 0.0134. The molecule has 0 saturated carbocycles. The molecule has 6 heteroatoms. The molecule has 2 fully saturated rings. The first-order chi connectivity index (χ1) is 10.0. The van der Waals surface area contributed by atoms with E-state index in [1.54, 1.807) is 11.3 Å². The lowest BCUT2D eigenvalue weighted by molar-refractivity contribution is 0.00950. The minimum Gasteiger partial charge on any atom is -0.377 e. The standard InChI is InChI=1S/C15H23N3O2S/c1-9(2)6-13-14(21-10(3)16-13)17-15(19)18-11-4-5-12(18)8-20-7-11/h9,11-12H,4-8H2,1-3H3,(H,17,19). The van der Waals surface area contributed by atoms with Crippen LogP contribution in [0.3, 0.4) is 0 Å². The monoisotopic (exact) mass is 309 g/mol. The number of fused-ring (bicyclic) bond motifs is 2. The molecule has 2 saturated heterocycles. The van der Waals surface area contributed by atoms with Crippen molar-refractivity contribution in [3.63, 3.8) is 0 Å². The first-order valence-electron chi connectivity index (χ1n) is 7.68. The van der Waals surface area contributed by atoms with E-state index in [4.69, 9.17) is 4.74 Å². The zero-order valence-electron chi connectivity index (χ0n) is 12.9. The molecule has 1 aromatic heterocycles. The molecule has 3 heterocycles. The van der Waals surface area contributed by atoms with Crippen LogP contribution in [0.4, 0.5) is 9.80 Å². The zero-order valence-corrected chi connectivity index (χ0v) is 13.7. The van der Waals surface area contributed by atoms with E-state index in [1.165, 1.54) is 0 Å². The van der Waals surface area contributed by atoms with E-state index in [0.717, 1.165) is 35.0 Å². The topological polar surface area (TPSA) is 54.5 Å². The number of hydrogen-bond donors (Lipinski definition) is 1. The van der Waals surface area contributed by atoms with Crippen molar-refractivity contribution in [1.29, 1.82) is 0 Å². The Kier molecular flexibility index (Phi) is 4.17. The number of hydrogen-bond acceptors (Lipinski definition) is 4. The van der Waals surface area contributed by atoms with E-state index in [-0.39, 0.29) is 18.1 Å². The molecular weight excluding hydrogens is 286 g/mol. The van der Waals surface area contributed by atoms with Gasteiger partial charge in [0.2, 0.25) is 0 Å². The summed E-state index contributed by atoms with van der Waals surface area (Å²) in [6, 6.07) is 0.497. The van der Waals surface area contributed by atoms with Gasteiger partial charge >= 0.3 is 6.03 Å². The molecule has 0 radical (unpaired) electrons. The van der Waals surface area contributed by atoms with Gasteiger partial charge in [-0.3, -0.25) is 5.32 Å². The van der Waals surface area contributed by atoms with Crippen molar-refractivity contribution >= 4 is 22.4 Å². The Balaban J connectivity index is 1.73. The second-order valence-corrected chi connectivity index (χ2v) is 7.57. The molecule has 1 aromatic rings. The van der Waals surface area contributed by atoms with Gasteiger partial charge in [-0.15, -0.1) is 11.3 Å². The van der Waals surface area contributed by atoms with Gasteiger partial charge in [-0.1, -0.05) is 13.8 Å². The molecule has 2 unspecified atom stereocenters. The molecule has 0 aliphatic carbocycles. The second-order valence-electron chi connectivity index (χ2n) is 6.37. The highest BCUT2D eigenvalue weighted by Crippen LogP contribution is 2.31. The number of thiazole rings is 1. The molecule has 0 spiro atoms. The van der Waals surface area contributed by atoms with Crippen LogP contribution in [-0.4, -0.2) is 41.2 Å². The van der Waals surface area contributed by atoms with E-state index >= 15 is 0 Å². The van der Waals surface area contributed by atoms with Gasteiger partial charge < -0.3 is 9.64 Å². The number of nitrogens with one attached hydrogen (secondary N) is 1. The summed E-state index contributed by atoms with van der Waals surface area (Å²) >= 11 is 1.57. The summed E-state index contributed by atoms with van der Waals surface area (Å²) in [7, 11) is 0. The Morgan fingerprint density at radius 3 is 2.71 bits per heavy atom. The molecule has 1 N–H and O–H groups in total. The van der Waals surface area contributed by atoms with Crippen LogP contribution in [0.25, 0.3) is 0 Å². The summed E-state index contributed by atoms with van der Waals surface area (Å²) in [5, 5.41) is 5.01. The lowest BCUT2D eigenvalue weighted by Gasteiger charge is -2.34. The molecular formula is C15H23N3O2S. The van der Waals surface area contributed by atoms with E-state index in [2.05, 4.69) is 24.1 Å². The summed E-state index contributed by atoms with van der Waals surface area (Å²) in [6.07, 6.45) is 3.01. The Hall–Kier alpha value is -1.14. The molecule has 5 nitrogen and oxygen atoms in total. The Labute approximate surface area is 129 Å². The van der Waals surface area contributed by atoms with Crippen LogP contribution in [0, 0.1) is 12.8 Å². The molecule has 2 amide bonds. The first-order valence-corrected chi connectivity index (χ1v) is 8.49. The van der Waals surface area contributed by atoms with Gasteiger partial charge in [0.1, 0.15) is 5.00 Å². The highest BCUT2D eigenvalue weighted by Gasteiger charge is 2.40. The molecule has 2 bridgehead atoms. The molecule has 21 heavy (non-hydrogen) atoms. The van der Waals surface area contributed by atoms with Crippen molar-refractivity contribution in [1.82, 2.24) is 9.88 Å². The van der Waals surface area contributed by atoms with Crippen LogP contribution in [0.5, 0.6) is 0 Å². The number of carbonyl (C=O) groups is 1. The number of anilines is 1. The third kappa shape index (κ3) is 3.06. The summed E-state index contributed by atoms with van der Waals surface area (Å²) in [5.74, 6) is 0.529. The third-order valence-corrected chi connectivity index (χ3v) is 5.03. The summed E-state index contributed by atoms with van der Waals surface area (Å²) in [5.41, 5.74) is 1.02. The van der Waals surface area contributed by atoms with Crippen LogP contribution in [-0.2, 0) is 11.2 Å². The van der Waals surface area contributed by atoms with Crippen molar-refractivity contribution in [2.75, 3.05) is 18.5 Å². The van der Waals surface area contributed by atoms with Crippen LogP contribution in [0.1, 0.15) is 37.4 Å². The van der Waals surface area contributed by atoms with E-state index in [1.807, 2.05) is 11.8 Å². The van der Waals surface area contributed by atoms with Gasteiger partial charge in [-0.2, -0.15) is 0 Å². The Morgan fingerprint density at radius 2 is 2.10 bits per heavy atom. The Morgan fingerprint density at radius 1 is 1.43 bits per heavy atom. The molecule has 2 aliphatic rings. The normalized spacial score (nSPS) is 24.7. The average molecular weight is 309 g/mol. The number of morpholine rings is 1.